The van der Waals surface area contributed by atoms with Crippen LogP contribution in [0.3, 0.4) is 0 Å². The van der Waals surface area contributed by atoms with Crippen molar-refractivity contribution in [2.45, 2.75) is 12.2 Å². The van der Waals surface area contributed by atoms with E-state index in [-0.39, 0.29) is 27.3 Å². The minimum Gasteiger partial charge on any atom is -0.479 e. The number of carboxylic acids is 2. The van der Waals surface area contributed by atoms with Gasteiger partial charge in [0.1, 0.15) is 0 Å². The van der Waals surface area contributed by atoms with Crippen molar-refractivity contribution in [2.24, 2.45) is 0 Å². The van der Waals surface area contributed by atoms with Crippen LogP contribution in [0.1, 0.15) is 0 Å². The molecule has 0 saturated heterocycles. The van der Waals surface area contributed by atoms with Gasteiger partial charge in [-0.05, 0) is 0 Å². The van der Waals surface area contributed by atoms with E-state index in [1.807, 2.05) is 0 Å². The molecule has 0 bridgehead atoms. The maximum atomic E-state index is 9.77. The monoisotopic (exact) mass is 264 g/mol. The zero-order valence-corrected chi connectivity index (χ0v) is 9.50. The first-order valence-corrected chi connectivity index (χ1v) is 2.28. The summed E-state index contributed by atoms with van der Waals surface area (Å²) in [7, 11) is 0. The molecule has 0 aliphatic heterocycles. The van der Waals surface area contributed by atoms with Crippen molar-refractivity contribution in [1.29, 1.82) is 0 Å². The Hall–Kier alpha value is -0.218. The molecule has 0 heterocycles. The van der Waals surface area contributed by atoms with Crippen LogP contribution in [0.15, 0.2) is 0 Å². The Morgan fingerprint density at radius 1 is 0.909 bits per heavy atom. The van der Waals surface area contributed by atoms with Crippen molar-refractivity contribution in [3.63, 3.8) is 0 Å². The molecule has 0 aromatic heterocycles. The van der Waals surface area contributed by atoms with Crippen LogP contribution in [0.4, 0.5) is 0 Å². The molecular formula is C4H6CdO6. The van der Waals surface area contributed by atoms with Crippen molar-refractivity contribution in [3.05, 3.63) is 0 Å². The Kier molecular flexibility index (Phi) is 6.61. The second-order valence-corrected chi connectivity index (χ2v) is 1.57. The summed E-state index contributed by atoms with van der Waals surface area (Å²) in [5.41, 5.74) is 0. The largest absolute Gasteiger partial charge is 0.479 e. The van der Waals surface area contributed by atoms with Gasteiger partial charge in [-0.1, -0.05) is 0 Å². The van der Waals surface area contributed by atoms with E-state index in [2.05, 4.69) is 0 Å². The number of aliphatic hydroxyl groups excluding tert-OH is 2. The first-order valence-electron chi connectivity index (χ1n) is 2.28. The van der Waals surface area contributed by atoms with E-state index in [4.69, 9.17) is 20.4 Å². The quantitative estimate of drug-likeness (QED) is 0.432. The van der Waals surface area contributed by atoms with Crippen LogP contribution >= 0.6 is 0 Å². The molecule has 11 heavy (non-hydrogen) atoms. The molecular weight excluding hydrogens is 256 g/mol. The summed E-state index contributed by atoms with van der Waals surface area (Å²) >= 11 is 0. The van der Waals surface area contributed by atoms with E-state index in [0.717, 1.165) is 0 Å². The Balaban J connectivity index is 0. The van der Waals surface area contributed by atoms with Crippen LogP contribution in [0, 0.1) is 0 Å². The molecule has 0 aromatic carbocycles. The minimum atomic E-state index is -2.27. The Labute approximate surface area is 81.6 Å². The molecule has 0 saturated carbocycles. The number of aliphatic hydroxyl groups is 2. The number of carbonyl (C=O) groups is 2. The van der Waals surface area contributed by atoms with E-state index in [1.165, 1.54) is 0 Å². The van der Waals surface area contributed by atoms with Crippen LogP contribution in [0.25, 0.3) is 0 Å². The number of hydrogen-bond donors (Lipinski definition) is 4. The number of rotatable bonds is 3. The van der Waals surface area contributed by atoms with E-state index >= 15 is 0 Å². The standard InChI is InChI=1S/C4H6O6.Cd/c5-1(3(7)8)2(6)4(9)10;/h1-2,5-6H,(H,7,8)(H,9,10);/t1-,2+;. The third kappa shape index (κ3) is 4.27. The van der Waals surface area contributed by atoms with Gasteiger partial charge in [-0.3, -0.25) is 0 Å². The summed E-state index contributed by atoms with van der Waals surface area (Å²) in [5, 5.41) is 32.5. The zero-order chi connectivity index (χ0) is 8.31. The molecule has 0 aromatic rings. The topological polar surface area (TPSA) is 115 Å². The molecule has 0 aliphatic carbocycles. The fourth-order valence-electron chi connectivity index (χ4n) is 0.270. The van der Waals surface area contributed by atoms with Gasteiger partial charge in [0.25, 0.3) is 0 Å². The number of carboxylic acid groups (broad SMARTS) is 2. The van der Waals surface area contributed by atoms with Gasteiger partial charge in [0.2, 0.25) is 0 Å². The zero-order valence-electron chi connectivity index (χ0n) is 5.47. The second kappa shape index (κ2) is 5.43. The SMILES string of the molecule is O=C(O)[C@@H](O)[C@@H](O)C(=O)O.[Cd]. The van der Waals surface area contributed by atoms with Gasteiger partial charge in [0.05, 0.1) is 0 Å². The molecule has 0 amide bonds. The average Bonchev–Trinajstić information content (AvgIpc) is 1.84. The first-order chi connectivity index (χ1) is 4.46. The molecule has 0 unspecified atom stereocenters. The molecule has 0 spiro atoms. The molecule has 0 radical (unpaired) electrons. The van der Waals surface area contributed by atoms with E-state index < -0.39 is 24.1 Å². The van der Waals surface area contributed by atoms with E-state index in [0.29, 0.717) is 0 Å². The van der Waals surface area contributed by atoms with E-state index in [9.17, 15) is 9.59 Å². The van der Waals surface area contributed by atoms with Gasteiger partial charge >= 0.3 is 11.9 Å². The normalized spacial score (nSPS) is 14.4. The number of hydrogen-bond acceptors (Lipinski definition) is 4. The van der Waals surface area contributed by atoms with Gasteiger partial charge in [0, 0.05) is 27.3 Å². The molecule has 6 nitrogen and oxygen atoms in total. The molecule has 4 N–H and O–H groups in total. The first kappa shape index (κ1) is 13.4. The van der Waals surface area contributed by atoms with Crippen LogP contribution in [-0.2, 0) is 36.9 Å². The smallest absolute Gasteiger partial charge is 0.335 e. The van der Waals surface area contributed by atoms with E-state index in [1.54, 1.807) is 0 Å². The summed E-state index contributed by atoms with van der Waals surface area (Å²) < 4.78 is 0. The molecule has 0 aliphatic rings. The predicted octanol–water partition coefficient (Wildman–Crippen LogP) is -2.13. The van der Waals surface area contributed by atoms with Crippen molar-refractivity contribution < 1.29 is 57.3 Å². The van der Waals surface area contributed by atoms with Gasteiger partial charge in [0.15, 0.2) is 12.2 Å². The second-order valence-electron chi connectivity index (χ2n) is 1.57. The maximum Gasteiger partial charge on any atom is 0.335 e. The third-order valence-electron chi connectivity index (χ3n) is 0.805. The van der Waals surface area contributed by atoms with Crippen molar-refractivity contribution in [3.8, 4) is 0 Å². The minimum absolute atomic E-state index is 0. The maximum absolute atomic E-state index is 9.77. The summed E-state index contributed by atoms with van der Waals surface area (Å²) in [6, 6.07) is 0. The van der Waals surface area contributed by atoms with Crippen LogP contribution in [0.5, 0.6) is 0 Å². The predicted molar refractivity (Wildman–Crippen MR) is 27.3 cm³/mol. The molecule has 0 fully saturated rings. The van der Waals surface area contributed by atoms with Gasteiger partial charge in [-0.2, -0.15) is 0 Å². The summed E-state index contributed by atoms with van der Waals surface area (Å²) in [4.78, 5) is 19.5. The van der Waals surface area contributed by atoms with Gasteiger partial charge in [-0.25, -0.2) is 9.59 Å². The molecule has 7 heteroatoms. The van der Waals surface area contributed by atoms with Crippen molar-refractivity contribution >= 4 is 11.9 Å². The third-order valence-corrected chi connectivity index (χ3v) is 0.805. The summed E-state index contributed by atoms with van der Waals surface area (Å²) in [5.74, 6) is -3.54. The summed E-state index contributed by atoms with van der Waals surface area (Å²) in [6.45, 7) is 0. The Morgan fingerprint density at radius 3 is 1.18 bits per heavy atom. The van der Waals surface area contributed by atoms with Crippen molar-refractivity contribution in [2.75, 3.05) is 0 Å². The number of aliphatic carboxylic acids is 2. The Bertz CT molecular complexity index is 139. The molecule has 0 rings (SSSR count). The fraction of sp³-hybridized carbons (Fsp3) is 0.500. The fourth-order valence-corrected chi connectivity index (χ4v) is 0.270. The van der Waals surface area contributed by atoms with Gasteiger partial charge in [-0.15, -0.1) is 0 Å². The molecule has 60 valence electrons. The van der Waals surface area contributed by atoms with Gasteiger partial charge < -0.3 is 20.4 Å². The van der Waals surface area contributed by atoms with Crippen LogP contribution < -0.4 is 0 Å². The Morgan fingerprint density at radius 2 is 1.09 bits per heavy atom. The molecule has 2 atom stereocenters. The summed E-state index contributed by atoms with van der Waals surface area (Å²) in [6.07, 6.45) is -4.53. The van der Waals surface area contributed by atoms with Crippen molar-refractivity contribution in [1.82, 2.24) is 0 Å². The van der Waals surface area contributed by atoms with Crippen LogP contribution in [-0.4, -0.2) is 44.6 Å². The average molecular weight is 262 g/mol. The van der Waals surface area contributed by atoms with Crippen LogP contribution in [0.2, 0.25) is 0 Å².